The Labute approximate surface area is 176 Å². The number of methoxy groups -OCH3 is 1. The summed E-state index contributed by atoms with van der Waals surface area (Å²) in [5.74, 6) is -1.23. The molecule has 1 aliphatic rings. The number of benzene rings is 1. The quantitative estimate of drug-likeness (QED) is 0.363. The number of carbonyl (C=O) groups is 2. The Bertz CT molecular complexity index is 980. The molecule has 12 nitrogen and oxygen atoms in total. The van der Waals surface area contributed by atoms with Crippen molar-refractivity contribution in [3.05, 3.63) is 61.8 Å². The largest absolute Gasteiger partial charge is 0.464 e. The third-order valence-electron chi connectivity index (χ3n) is 5.10. The second-order valence-electron chi connectivity index (χ2n) is 7.10. The molecule has 31 heavy (non-hydrogen) atoms. The van der Waals surface area contributed by atoms with Gasteiger partial charge in [-0.25, -0.2) is 9.78 Å². The van der Waals surface area contributed by atoms with E-state index >= 15 is 0 Å². The SMILES string of the molecule is COC(=O)c1coc(CN(C(=O)c2cc([N+](=O)[O-])cc([N+](=O)[O-])c2)C2CCCCC2)n1. The van der Waals surface area contributed by atoms with Crippen LogP contribution < -0.4 is 0 Å². The maximum atomic E-state index is 13.3. The number of non-ortho nitro benzene ring substituents is 2. The van der Waals surface area contributed by atoms with Crippen LogP contribution >= 0.6 is 0 Å². The zero-order chi connectivity index (χ0) is 22.5. The summed E-state index contributed by atoms with van der Waals surface area (Å²) < 4.78 is 9.89. The molecule has 0 N–H and O–H groups in total. The van der Waals surface area contributed by atoms with Gasteiger partial charge >= 0.3 is 5.97 Å². The molecule has 1 aromatic heterocycles. The van der Waals surface area contributed by atoms with Crippen LogP contribution in [0.5, 0.6) is 0 Å². The first kappa shape index (κ1) is 21.9. The first-order valence-corrected chi connectivity index (χ1v) is 9.57. The molecule has 1 amide bonds. The number of aromatic nitrogens is 1. The third-order valence-corrected chi connectivity index (χ3v) is 5.10. The molecule has 1 aromatic carbocycles. The van der Waals surface area contributed by atoms with E-state index < -0.39 is 33.1 Å². The van der Waals surface area contributed by atoms with E-state index in [1.165, 1.54) is 12.0 Å². The average Bonchev–Trinajstić information content (AvgIpc) is 3.25. The number of nitro groups is 2. The summed E-state index contributed by atoms with van der Waals surface area (Å²) in [7, 11) is 1.20. The maximum Gasteiger partial charge on any atom is 0.360 e. The van der Waals surface area contributed by atoms with Crippen molar-refractivity contribution >= 4 is 23.3 Å². The number of hydrogen-bond donors (Lipinski definition) is 0. The number of nitro benzene ring substituents is 2. The summed E-state index contributed by atoms with van der Waals surface area (Å²) in [6.07, 6.45) is 5.32. The lowest BCUT2D eigenvalue weighted by Crippen LogP contribution is -2.41. The lowest BCUT2D eigenvalue weighted by molar-refractivity contribution is -0.394. The number of oxazole rings is 1. The Morgan fingerprint density at radius 2 is 1.74 bits per heavy atom. The van der Waals surface area contributed by atoms with Crippen molar-refractivity contribution in [1.29, 1.82) is 0 Å². The predicted molar refractivity (Wildman–Crippen MR) is 104 cm³/mol. The molecule has 0 saturated heterocycles. The van der Waals surface area contributed by atoms with Gasteiger partial charge in [0.15, 0.2) is 5.69 Å². The molecule has 164 valence electrons. The fraction of sp³-hybridized carbons (Fsp3) is 0.421. The van der Waals surface area contributed by atoms with Crippen molar-refractivity contribution in [3.8, 4) is 0 Å². The third kappa shape index (κ3) is 5.02. The number of nitrogens with zero attached hydrogens (tertiary/aromatic N) is 4. The van der Waals surface area contributed by atoms with Crippen LogP contribution in [-0.2, 0) is 11.3 Å². The Kier molecular flexibility index (Phi) is 6.58. The van der Waals surface area contributed by atoms with Gasteiger partial charge < -0.3 is 14.1 Å². The highest BCUT2D eigenvalue weighted by Crippen LogP contribution is 2.28. The van der Waals surface area contributed by atoms with Crippen LogP contribution in [0.15, 0.2) is 28.9 Å². The summed E-state index contributed by atoms with van der Waals surface area (Å²) in [6.45, 7) is -0.100. The molecule has 1 fully saturated rings. The molecule has 2 aromatic rings. The van der Waals surface area contributed by atoms with Crippen LogP contribution in [0.3, 0.4) is 0 Å². The fourth-order valence-corrected chi connectivity index (χ4v) is 3.58. The molecule has 0 radical (unpaired) electrons. The Morgan fingerprint density at radius 1 is 1.13 bits per heavy atom. The Balaban J connectivity index is 1.96. The fourth-order valence-electron chi connectivity index (χ4n) is 3.58. The maximum absolute atomic E-state index is 13.3. The minimum absolute atomic E-state index is 0.0560. The molecule has 1 aliphatic carbocycles. The topological polar surface area (TPSA) is 159 Å². The minimum Gasteiger partial charge on any atom is -0.464 e. The van der Waals surface area contributed by atoms with Crippen molar-refractivity contribution in [2.75, 3.05) is 7.11 Å². The van der Waals surface area contributed by atoms with Crippen LogP contribution in [0.2, 0.25) is 0 Å². The second-order valence-corrected chi connectivity index (χ2v) is 7.10. The van der Waals surface area contributed by atoms with E-state index in [1.807, 2.05) is 0 Å². The van der Waals surface area contributed by atoms with Crippen molar-refractivity contribution in [1.82, 2.24) is 9.88 Å². The summed E-state index contributed by atoms with van der Waals surface area (Å²) in [5.41, 5.74) is -1.33. The van der Waals surface area contributed by atoms with Crippen LogP contribution in [0, 0.1) is 20.2 Å². The van der Waals surface area contributed by atoms with Gasteiger partial charge in [0.25, 0.3) is 17.3 Å². The van der Waals surface area contributed by atoms with E-state index in [4.69, 9.17) is 4.42 Å². The number of ether oxygens (including phenoxy) is 1. The van der Waals surface area contributed by atoms with E-state index in [2.05, 4.69) is 9.72 Å². The smallest absolute Gasteiger partial charge is 0.360 e. The second kappa shape index (κ2) is 9.32. The van der Waals surface area contributed by atoms with Crippen molar-refractivity contribution in [2.24, 2.45) is 0 Å². The molecule has 1 heterocycles. The summed E-state index contributed by atoms with van der Waals surface area (Å²) in [5, 5.41) is 22.4. The highest BCUT2D eigenvalue weighted by atomic mass is 16.6. The molecule has 3 rings (SSSR count). The van der Waals surface area contributed by atoms with Gasteiger partial charge in [-0.05, 0) is 12.8 Å². The van der Waals surface area contributed by atoms with Crippen LogP contribution in [-0.4, -0.2) is 44.8 Å². The molecule has 0 atom stereocenters. The molecule has 0 unspecified atom stereocenters. The molecule has 1 saturated carbocycles. The number of carbonyl (C=O) groups excluding carboxylic acids is 2. The van der Waals surface area contributed by atoms with Crippen LogP contribution in [0.1, 0.15) is 58.8 Å². The minimum atomic E-state index is -0.786. The van der Waals surface area contributed by atoms with Gasteiger partial charge in [0.2, 0.25) is 5.89 Å². The van der Waals surface area contributed by atoms with Crippen LogP contribution in [0.25, 0.3) is 0 Å². The predicted octanol–water partition coefficient (Wildman–Crippen LogP) is 3.25. The average molecular weight is 432 g/mol. The highest BCUT2D eigenvalue weighted by Gasteiger charge is 2.30. The lowest BCUT2D eigenvalue weighted by atomic mass is 9.93. The normalized spacial score (nSPS) is 14.1. The van der Waals surface area contributed by atoms with Gasteiger partial charge in [0, 0.05) is 18.2 Å². The van der Waals surface area contributed by atoms with Crippen molar-refractivity contribution < 1.29 is 28.6 Å². The van der Waals surface area contributed by atoms with Gasteiger partial charge in [0.1, 0.15) is 6.26 Å². The highest BCUT2D eigenvalue weighted by molar-refractivity contribution is 5.95. The van der Waals surface area contributed by atoms with Crippen molar-refractivity contribution in [2.45, 2.75) is 44.7 Å². The Morgan fingerprint density at radius 3 is 2.29 bits per heavy atom. The van der Waals surface area contributed by atoms with E-state index in [-0.39, 0.29) is 29.7 Å². The van der Waals surface area contributed by atoms with E-state index in [9.17, 15) is 29.8 Å². The van der Waals surface area contributed by atoms with E-state index in [0.29, 0.717) is 12.8 Å². The summed E-state index contributed by atoms with van der Waals surface area (Å²) in [4.78, 5) is 51.2. The molecule has 0 bridgehead atoms. The first-order valence-electron chi connectivity index (χ1n) is 9.57. The zero-order valence-corrected chi connectivity index (χ0v) is 16.7. The molecular weight excluding hydrogens is 412 g/mol. The number of amides is 1. The van der Waals surface area contributed by atoms with Gasteiger partial charge in [-0.1, -0.05) is 19.3 Å². The Hall–Kier alpha value is -3.83. The number of rotatable bonds is 7. The van der Waals surface area contributed by atoms with Crippen LogP contribution in [0.4, 0.5) is 11.4 Å². The molecular formula is C19H20N4O8. The number of esters is 1. The summed E-state index contributed by atoms with van der Waals surface area (Å²) >= 11 is 0. The lowest BCUT2D eigenvalue weighted by Gasteiger charge is -2.33. The monoisotopic (exact) mass is 432 g/mol. The van der Waals surface area contributed by atoms with Gasteiger partial charge in [-0.2, -0.15) is 0 Å². The van der Waals surface area contributed by atoms with Gasteiger partial charge in [-0.3, -0.25) is 25.0 Å². The van der Waals surface area contributed by atoms with Crippen molar-refractivity contribution in [3.63, 3.8) is 0 Å². The van der Waals surface area contributed by atoms with E-state index in [0.717, 1.165) is 43.7 Å². The van der Waals surface area contributed by atoms with Gasteiger partial charge in [0.05, 0.1) is 35.1 Å². The first-order chi connectivity index (χ1) is 14.8. The van der Waals surface area contributed by atoms with Gasteiger partial charge in [-0.15, -0.1) is 0 Å². The molecule has 0 aliphatic heterocycles. The van der Waals surface area contributed by atoms with E-state index in [1.54, 1.807) is 0 Å². The zero-order valence-electron chi connectivity index (χ0n) is 16.7. The summed E-state index contributed by atoms with van der Waals surface area (Å²) in [6, 6.07) is 2.63. The standard InChI is InChI=1S/C19H20N4O8/c1-30-19(25)16-11-31-17(20-16)10-21(13-5-3-2-4-6-13)18(24)12-7-14(22(26)27)9-15(8-12)23(28)29/h7-9,11,13H,2-6,10H2,1H3. The number of hydrogen-bond acceptors (Lipinski definition) is 9. The molecule has 12 heteroatoms. The molecule has 0 spiro atoms.